The van der Waals surface area contributed by atoms with Gasteiger partial charge < -0.3 is 0 Å². The Labute approximate surface area is 112 Å². The van der Waals surface area contributed by atoms with Gasteiger partial charge >= 0.3 is 0 Å². The van der Waals surface area contributed by atoms with Crippen molar-refractivity contribution in [2.45, 2.75) is 71.1 Å². The molecule has 0 N–H and O–H groups in total. The van der Waals surface area contributed by atoms with Crippen molar-refractivity contribution in [1.82, 2.24) is 0 Å². The lowest BCUT2D eigenvalue weighted by Gasteiger charge is -2.33. The lowest BCUT2D eigenvalue weighted by atomic mass is 9.72. The van der Waals surface area contributed by atoms with Gasteiger partial charge in [0, 0.05) is 6.42 Å². The van der Waals surface area contributed by atoms with Crippen molar-refractivity contribution in [3.8, 4) is 0 Å². The summed E-state index contributed by atoms with van der Waals surface area (Å²) in [5, 5.41) is 0. The molecule has 1 fully saturated rings. The molecule has 1 saturated carbocycles. The molecule has 18 heavy (non-hydrogen) atoms. The number of hydrogen-bond acceptors (Lipinski definition) is 1. The topological polar surface area (TPSA) is 17.1 Å². The summed E-state index contributed by atoms with van der Waals surface area (Å²) < 4.78 is 0. The van der Waals surface area contributed by atoms with Crippen LogP contribution in [0.3, 0.4) is 0 Å². The van der Waals surface area contributed by atoms with E-state index in [4.69, 9.17) is 0 Å². The first kappa shape index (κ1) is 13.8. The summed E-state index contributed by atoms with van der Waals surface area (Å²) in [4.78, 5) is 11.2. The number of allylic oxidation sites excluding steroid dienone is 2. The van der Waals surface area contributed by atoms with Crippen LogP contribution >= 0.6 is 0 Å². The Morgan fingerprint density at radius 2 is 1.89 bits per heavy atom. The molecule has 1 unspecified atom stereocenters. The number of carbonyl (C=O) groups excluding carboxylic acids is 1. The van der Waals surface area contributed by atoms with Gasteiger partial charge in [-0.3, -0.25) is 4.79 Å². The highest BCUT2D eigenvalue weighted by Crippen LogP contribution is 2.38. The molecule has 102 valence electrons. The minimum Gasteiger partial charge on any atom is -0.295 e. The van der Waals surface area contributed by atoms with Crippen LogP contribution in [-0.4, -0.2) is 5.78 Å². The van der Waals surface area contributed by atoms with E-state index < -0.39 is 0 Å². The summed E-state index contributed by atoms with van der Waals surface area (Å²) >= 11 is 0. The lowest BCUT2D eigenvalue weighted by molar-refractivity contribution is -0.115. The molecule has 0 heterocycles. The second-order valence-electron chi connectivity index (χ2n) is 6.30. The van der Waals surface area contributed by atoms with E-state index in [-0.39, 0.29) is 0 Å². The van der Waals surface area contributed by atoms with Gasteiger partial charge in [-0.1, -0.05) is 51.5 Å². The van der Waals surface area contributed by atoms with Gasteiger partial charge in [0.1, 0.15) is 0 Å². The van der Waals surface area contributed by atoms with E-state index in [2.05, 4.69) is 13.0 Å². The fraction of sp³-hybridized carbons (Fsp3) is 0.824. The Bertz CT molecular complexity index is 284. The SMILES string of the molecule is CCCCCC1CCC(C2C=CC(=O)CC2)CC1. The van der Waals surface area contributed by atoms with Crippen LogP contribution in [0.5, 0.6) is 0 Å². The molecule has 1 heteroatoms. The molecule has 0 amide bonds. The molecule has 0 aromatic heterocycles. The van der Waals surface area contributed by atoms with Gasteiger partial charge in [0.05, 0.1) is 0 Å². The number of carbonyl (C=O) groups is 1. The fourth-order valence-electron chi connectivity index (χ4n) is 3.70. The van der Waals surface area contributed by atoms with Crippen LogP contribution in [0.4, 0.5) is 0 Å². The molecule has 0 saturated heterocycles. The van der Waals surface area contributed by atoms with Crippen LogP contribution in [0.25, 0.3) is 0 Å². The van der Waals surface area contributed by atoms with Crippen molar-refractivity contribution >= 4 is 5.78 Å². The molecule has 0 aromatic rings. The number of unbranched alkanes of at least 4 members (excludes halogenated alkanes) is 2. The average molecular weight is 248 g/mol. The lowest BCUT2D eigenvalue weighted by Crippen LogP contribution is -2.23. The number of hydrogen-bond donors (Lipinski definition) is 0. The minimum absolute atomic E-state index is 0.333. The highest BCUT2D eigenvalue weighted by Gasteiger charge is 2.27. The van der Waals surface area contributed by atoms with E-state index in [0.717, 1.165) is 24.7 Å². The highest BCUT2D eigenvalue weighted by atomic mass is 16.1. The Hall–Kier alpha value is -0.590. The predicted octanol–water partition coefficient (Wildman–Crippen LogP) is 4.91. The third-order valence-corrected chi connectivity index (χ3v) is 4.97. The third kappa shape index (κ3) is 3.96. The maximum Gasteiger partial charge on any atom is 0.155 e. The molecular formula is C17H28O. The first-order valence-corrected chi connectivity index (χ1v) is 8.00. The van der Waals surface area contributed by atoms with E-state index in [9.17, 15) is 4.79 Å². The normalized spacial score (nSPS) is 32.7. The molecule has 2 rings (SSSR count). The molecule has 2 aliphatic rings. The summed E-state index contributed by atoms with van der Waals surface area (Å²) in [6, 6.07) is 0. The minimum atomic E-state index is 0.333. The third-order valence-electron chi connectivity index (χ3n) is 4.97. The zero-order valence-corrected chi connectivity index (χ0v) is 11.9. The quantitative estimate of drug-likeness (QED) is 0.632. The molecule has 0 spiro atoms. The molecule has 1 atom stereocenters. The van der Waals surface area contributed by atoms with Crippen LogP contribution in [-0.2, 0) is 4.79 Å². The number of rotatable bonds is 5. The van der Waals surface area contributed by atoms with Gasteiger partial charge in [0.25, 0.3) is 0 Å². The first-order chi connectivity index (χ1) is 8.79. The van der Waals surface area contributed by atoms with Crippen LogP contribution in [0.1, 0.15) is 71.1 Å². The Morgan fingerprint density at radius 3 is 2.50 bits per heavy atom. The van der Waals surface area contributed by atoms with Crippen LogP contribution in [0.15, 0.2) is 12.2 Å². The van der Waals surface area contributed by atoms with Crippen molar-refractivity contribution in [2.24, 2.45) is 17.8 Å². The fourth-order valence-corrected chi connectivity index (χ4v) is 3.70. The summed E-state index contributed by atoms with van der Waals surface area (Å²) in [5.41, 5.74) is 0. The Kier molecular flexibility index (Phi) is 5.46. The largest absolute Gasteiger partial charge is 0.295 e. The Morgan fingerprint density at radius 1 is 1.11 bits per heavy atom. The van der Waals surface area contributed by atoms with Gasteiger partial charge in [-0.15, -0.1) is 0 Å². The van der Waals surface area contributed by atoms with E-state index in [1.165, 1.54) is 51.4 Å². The summed E-state index contributed by atoms with van der Waals surface area (Å²) in [7, 11) is 0. The van der Waals surface area contributed by atoms with Crippen LogP contribution < -0.4 is 0 Å². The monoisotopic (exact) mass is 248 g/mol. The van der Waals surface area contributed by atoms with Gasteiger partial charge in [0.2, 0.25) is 0 Å². The molecule has 0 aliphatic heterocycles. The summed E-state index contributed by atoms with van der Waals surface area (Å²) in [6.07, 6.45) is 17.3. The van der Waals surface area contributed by atoms with E-state index >= 15 is 0 Å². The molecule has 1 nitrogen and oxygen atoms in total. The van der Waals surface area contributed by atoms with Gasteiger partial charge in [-0.05, 0) is 43.1 Å². The molecule has 0 bridgehead atoms. The molecule has 0 aromatic carbocycles. The Balaban J connectivity index is 1.70. The second kappa shape index (κ2) is 7.11. The second-order valence-corrected chi connectivity index (χ2v) is 6.30. The first-order valence-electron chi connectivity index (χ1n) is 8.00. The van der Waals surface area contributed by atoms with Crippen LogP contribution in [0, 0.1) is 17.8 Å². The maximum absolute atomic E-state index is 11.2. The van der Waals surface area contributed by atoms with Gasteiger partial charge in [-0.25, -0.2) is 0 Å². The van der Waals surface area contributed by atoms with Crippen molar-refractivity contribution in [3.63, 3.8) is 0 Å². The predicted molar refractivity (Wildman–Crippen MR) is 76.5 cm³/mol. The van der Waals surface area contributed by atoms with E-state index in [1.54, 1.807) is 0 Å². The summed E-state index contributed by atoms with van der Waals surface area (Å²) in [6.45, 7) is 2.29. The highest BCUT2D eigenvalue weighted by molar-refractivity contribution is 5.90. The van der Waals surface area contributed by atoms with Gasteiger partial charge in [0.15, 0.2) is 5.78 Å². The molecule has 2 aliphatic carbocycles. The zero-order chi connectivity index (χ0) is 12.8. The van der Waals surface area contributed by atoms with Crippen molar-refractivity contribution in [1.29, 1.82) is 0 Å². The molecule has 0 radical (unpaired) electrons. The smallest absolute Gasteiger partial charge is 0.155 e. The van der Waals surface area contributed by atoms with Gasteiger partial charge in [-0.2, -0.15) is 0 Å². The van der Waals surface area contributed by atoms with Crippen LogP contribution in [0.2, 0.25) is 0 Å². The standard InChI is InChI=1S/C17H28O/c1-2-3-4-5-14-6-8-15(9-7-14)16-10-12-17(18)13-11-16/h10,12,14-16H,2-9,11,13H2,1H3. The molecular weight excluding hydrogens is 220 g/mol. The maximum atomic E-state index is 11.2. The van der Waals surface area contributed by atoms with E-state index in [0.29, 0.717) is 11.7 Å². The van der Waals surface area contributed by atoms with Crippen molar-refractivity contribution < 1.29 is 4.79 Å². The number of ketones is 1. The zero-order valence-electron chi connectivity index (χ0n) is 11.9. The van der Waals surface area contributed by atoms with E-state index in [1.807, 2.05) is 6.08 Å². The summed E-state index contributed by atoms with van der Waals surface area (Å²) in [5.74, 6) is 2.91. The van der Waals surface area contributed by atoms with Crippen molar-refractivity contribution in [3.05, 3.63) is 12.2 Å². The average Bonchev–Trinajstić information content (AvgIpc) is 2.41. The van der Waals surface area contributed by atoms with Crippen molar-refractivity contribution in [2.75, 3.05) is 0 Å².